The molecule has 0 amide bonds. The summed E-state index contributed by atoms with van der Waals surface area (Å²) >= 11 is 0. The molecular formula is C30H56O4. The summed E-state index contributed by atoms with van der Waals surface area (Å²) in [6, 6.07) is 0. The molecule has 1 fully saturated rings. The van der Waals surface area contributed by atoms with Crippen molar-refractivity contribution in [3.63, 3.8) is 0 Å². The zero-order valence-corrected chi connectivity index (χ0v) is 22.9. The molecule has 0 spiro atoms. The van der Waals surface area contributed by atoms with Crippen LogP contribution in [0.1, 0.15) is 149 Å². The van der Waals surface area contributed by atoms with Crippen LogP contribution in [0.2, 0.25) is 0 Å². The maximum atomic E-state index is 12.7. The molecule has 0 N–H and O–H groups in total. The van der Waals surface area contributed by atoms with Crippen LogP contribution in [0.15, 0.2) is 0 Å². The van der Waals surface area contributed by atoms with Crippen molar-refractivity contribution in [3.8, 4) is 0 Å². The van der Waals surface area contributed by atoms with Crippen LogP contribution in [0, 0.1) is 17.8 Å². The highest BCUT2D eigenvalue weighted by atomic mass is 16.5. The highest BCUT2D eigenvalue weighted by molar-refractivity contribution is 5.82. The van der Waals surface area contributed by atoms with Gasteiger partial charge >= 0.3 is 11.9 Å². The van der Waals surface area contributed by atoms with Gasteiger partial charge in [0.05, 0.1) is 25.0 Å². The van der Waals surface area contributed by atoms with Crippen molar-refractivity contribution in [1.82, 2.24) is 0 Å². The lowest BCUT2D eigenvalue weighted by molar-refractivity contribution is -0.163. The Bertz CT molecular complexity index is 502. The minimum Gasteiger partial charge on any atom is -0.465 e. The molecule has 1 aliphatic rings. The van der Waals surface area contributed by atoms with Crippen LogP contribution in [0.5, 0.6) is 0 Å². The third kappa shape index (κ3) is 15.8. The van der Waals surface area contributed by atoms with E-state index < -0.39 is 0 Å². The van der Waals surface area contributed by atoms with Gasteiger partial charge in [0, 0.05) is 0 Å². The maximum absolute atomic E-state index is 12.7. The van der Waals surface area contributed by atoms with E-state index in [1.54, 1.807) is 0 Å². The van der Waals surface area contributed by atoms with E-state index in [9.17, 15) is 9.59 Å². The number of carbonyl (C=O) groups excluding carboxylic acids is 2. The molecule has 1 saturated carbocycles. The normalized spacial score (nSPS) is 18.2. The number of unbranched alkanes of at least 4 members (excludes halogenated alkanes) is 13. The second-order valence-electron chi connectivity index (χ2n) is 11.0. The van der Waals surface area contributed by atoms with Gasteiger partial charge in [0.2, 0.25) is 0 Å². The lowest BCUT2D eigenvalue weighted by atomic mass is 9.79. The minimum atomic E-state index is -0.305. The van der Waals surface area contributed by atoms with E-state index in [-0.39, 0.29) is 23.8 Å². The first-order chi connectivity index (χ1) is 16.6. The largest absolute Gasteiger partial charge is 0.465 e. The van der Waals surface area contributed by atoms with E-state index in [0.29, 0.717) is 13.2 Å². The van der Waals surface area contributed by atoms with E-state index in [1.165, 1.54) is 77.0 Å². The quantitative estimate of drug-likeness (QED) is 0.122. The first kappa shape index (κ1) is 31.0. The SMILES string of the molecule is CCCCCCCCCCOC(=O)C1CCCCC1C(=O)OCCCCCCCCCC(C)C. The number of hydrogen-bond donors (Lipinski definition) is 0. The van der Waals surface area contributed by atoms with Gasteiger partial charge in [-0.3, -0.25) is 9.59 Å². The van der Waals surface area contributed by atoms with Gasteiger partial charge in [0.1, 0.15) is 0 Å². The second kappa shape index (κ2) is 21.2. The van der Waals surface area contributed by atoms with Crippen molar-refractivity contribution in [1.29, 1.82) is 0 Å². The van der Waals surface area contributed by atoms with Gasteiger partial charge in [0.25, 0.3) is 0 Å². The summed E-state index contributed by atoms with van der Waals surface area (Å²) in [7, 11) is 0. The molecule has 0 aromatic heterocycles. The van der Waals surface area contributed by atoms with Crippen LogP contribution in [0.3, 0.4) is 0 Å². The van der Waals surface area contributed by atoms with Crippen LogP contribution in [-0.2, 0) is 19.1 Å². The van der Waals surface area contributed by atoms with Gasteiger partial charge in [-0.25, -0.2) is 0 Å². The van der Waals surface area contributed by atoms with Crippen LogP contribution in [-0.4, -0.2) is 25.2 Å². The van der Waals surface area contributed by atoms with Crippen molar-refractivity contribution >= 4 is 11.9 Å². The standard InChI is InChI=1S/C30H56O4/c1-4-5-6-7-8-11-14-19-24-33-29(31)27-22-17-18-23-28(27)30(32)34-25-20-15-12-9-10-13-16-21-26(2)3/h26-28H,4-25H2,1-3H3. The minimum absolute atomic E-state index is 0.178. The monoisotopic (exact) mass is 480 g/mol. The molecule has 0 aliphatic heterocycles. The summed E-state index contributed by atoms with van der Waals surface area (Å²) in [5.74, 6) is -0.151. The fraction of sp³-hybridized carbons (Fsp3) is 0.933. The fourth-order valence-corrected chi connectivity index (χ4v) is 5.03. The Morgan fingerprint density at radius 3 is 1.41 bits per heavy atom. The van der Waals surface area contributed by atoms with Crippen molar-refractivity contribution in [2.45, 2.75) is 149 Å². The Morgan fingerprint density at radius 2 is 1.00 bits per heavy atom. The van der Waals surface area contributed by atoms with Gasteiger partial charge in [0.15, 0.2) is 0 Å². The molecule has 0 saturated heterocycles. The Kier molecular flexibility index (Phi) is 19.3. The Labute approximate surface area is 211 Å². The van der Waals surface area contributed by atoms with Gasteiger partial charge in [-0.2, -0.15) is 0 Å². The fourth-order valence-electron chi connectivity index (χ4n) is 5.03. The molecule has 34 heavy (non-hydrogen) atoms. The lowest BCUT2D eigenvalue weighted by Gasteiger charge is -2.28. The molecule has 4 heteroatoms. The first-order valence-electron chi connectivity index (χ1n) is 14.9. The van der Waals surface area contributed by atoms with Crippen LogP contribution < -0.4 is 0 Å². The molecular weight excluding hydrogens is 424 g/mol. The number of esters is 2. The average molecular weight is 481 g/mol. The summed E-state index contributed by atoms with van der Waals surface area (Å²) in [6.07, 6.45) is 23.2. The van der Waals surface area contributed by atoms with Crippen LogP contribution in [0.25, 0.3) is 0 Å². The predicted molar refractivity (Wildman–Crippen MR) is 142 cm³/mol. The Morgan fingerprint density at radius 1 is 0.618 bits per heavy atom. The molecule has 1 rings (SSSR count). The first-order valence-corrected chi connectivity index (χ1v) is 14.9. The molecule has 0 aromatic carbocycles. The van der Waals surface area contributed by atoms with E-state index >= 15 is 0 Å². The molecule has 2 atom stereocenters. The zero-order chi connectivity index (χ0) is 24.9. The summed E-state index contributed by atoms with van der Waals surface area (Å²) in [5, 5.41) is 0. The topological polar surface area (TPSA) is 52.6 Å². The average Bonchev–Trinajstić information content (AvgIpc) is 2.83. The number of hydrogen-bond acceptors (Lipinski definition) is 4. The van der Waals surface area contributed by atoms with Gasteiger partial charge in [-0.15, -0.1) is 0 Å². The summed E-state index contributed by atoms with van der Waals surface area (Å²) < 4.78 is 11.2. The third-order valence-corrected chi connectivity index (χ3v) is 7.28. The van der Waals surface area contributed by atoms with Crippen LogP contribution >= 0.6 is 0 Å². The molecule has 0 aromatic rings. The molecule has 0 bridgehead atoms. The smallest absolute Gasteiger partial charge is 0.309 e. The summed E-state index contributed by atoms with van der Waals surface area (Å²) in [4.78, 5) is 25.3. The Balaban J connectivity index is 2.12. The molecule has 0 radical (unpaired) electrons. The number of rotatable bonds is 21. The third-order valence-electron chi connectivity index (χ3n) is 7.28. The van der Waals surface area contributed by atoms with E-state index in [4.69, 9.17) is 9.47 Å². The lowest BCUT2D eigenvalue weighted by Crippen LogP contribution is -2.35. The highest BCUT2D eigenvalue weighted by Gasteiger charge is 2.37. The van der Waals surface area contributed by atoms with Crippen molar-refractivity contribution in [3.05, 3.63) is 0 Å². The zero-order valence-electron chi connectivity index (χ0n) is 22.9. The second-order valence-corrected chi connectivity index (χ2v) is 11.0. The Hall–Kier alpha value is -1.06. The number of carbonyl (C=O) groups is 2. The molecule has 2 unspecified atom stereocenters. The molecule has 0 heterocycles. The van der Waals surface area contributed by atoms with Crippen molar-refractivity contribution in [2.75, 3.05) is 13.2 Å². The summed E-state index contributed by atoms with van der Waals surface area (Å²) in [5.41, 5.74) is 0. The van der Waals surface area contributed by atoms with E-state index in [0.717, 1.165) is 57.3 Å². The summed E-state index contributed by atoms with van der Waals surface area (Å²) in [6.45, 7) is 7.80. The van der Waals surface area contributed by atoms with E-state index in [1.807, 2.05) is 0 Å². The number of ether oxygens (including phenoxy) is 2. The maximum Gasteiger partial charge on any atom is 0.309 e. The van der Waals surface area contributed by atoms with Crippen LogP contribution in [0.4, 0.5) is 0 Å². The molecule has 4 nitrogen and oxygen atoms in total. The predicted octanol–water partition coefficient (Wildman–Crippen LogP) is 8.80. The molecule has 200 valence electrons. The van der Waals surface area contributed by atoms with E-state index in [2.05, 4.69) is 20.8 Å². The van der Waals surface area contributed by atoms with Gasteiger partial charge in [-0.1, -0.05) is 124 Å². The van der Waals surface area contributed by atoms with Crippen molar-refractivity contribution < 1.29 is 19.1 Å². The molecule has 1 aliphatic carbocycles. The van der Waals surface area contributed by atoms with Crippen molar-refractivity contribution in [2.24, 2.45) is 17.8 Å². The van der Waals surface area contributed by atoms with Gasteiger partial charge < -0.3 is 9.47 Å². The van der Waals surface area contributed by atoms with Gasteiger partial charge in [-0.05, 0) is 31.6 Å². The highest BCUT2D eigenvalue weighted by Crippen LogP contribution is 2.32.